The Morgan fingerprint density at radius 2 is 1.83 bits per heavy atom. The lowest BCUT2D eigenvalue weighted by molar-refractivity contribution is 0.234. The molecule has 130 valence electrons. The topological polar surface area (TPSA) is 72.0 Å². The van der Waals surface area contributed by atoms with Gasteiger partial charge >= 0.3 is 5.76 Å². The number of hydrogen-bond acceptors (Lipinski definition) is 5. The third-order valence-corrected chi connectivity index (χ3v) is 5.29. The molecule has 0 spiro atoms. The molecule has 0 aliphatic rings. The molecule has 0 amide bonds. The number of alkyl halides is 2. The van der Waals surface area contributed by atoms with Crippen LogP contribution in [0.15, 0.2) is 35.5 Å². The van der Waals surface area contributed by atoms with Crippen molar-refractivity contribution >= 4 is 27.3 Å². The quantitative estimate of drug-likeness (QED) is 0.830. The molecule has 1 unspecified atom stereocenters. The van der Waals surface area contributed by atoms with Crippen molar-refractivity contribution in [1.29, 1.82) is 0 Å². The second-order valence-electron chi connectivity index (χ2n) is 5.08. The van der Waals surface area contributed by atoms with Crippen LogP contribution >= 0.6 is 11.6 Å². The van der Waals surface area contributed by atoms with E-state index < -0.39 is 20.5 Å². The molecule has 0 radical (unpaired) electrons. The lowest BCUT2D eigenvalue weighted by atomic mass is 10.1. The molecule has 1 atom stereocenters. The van der Waals surface area contributed by atoms with E-state index in [9.17, 15) is 17.2 Å². The van der Waals surface area contributed by atoms with Gasteiger partial charge in [-0.15, -0.1) is 0 Å². The lowest BCUT2D eigenvalue weighted by Crippen LogP contribution is -2.12. The van der Waals surface area contributed by atoms with Crippen molar-refractivity contribution in [2.24, 2.45) is 0 Å². The fraction of sp³-hybridized carbons (Fsp3) is 0.333. The molecule has 5 nitrogen and oxygen atoms in total. The highest BCUT2D eigenvalue weighted by molar-refractivity contribution is 7.91. The summed E-state index contributed by atoms with van der Waals surface area (Å²) in [5.74, 6) is -2.98. The summed E-state index contributed by atoms with van der Waals surface area (Å²) in [5, 5.41) is 3.52. The second kappa shape index (κ2) is 7.40. The smallest absolute Gasteiger partial charge is 0.341 e. The molecule has 1 N–H and O–H groups in total. The highest BCUT2D eigenvalue weighted by Crippen LogP contribution is 2.27. The zero-order chi connectivity index (χ0) is 17.9. The second-order valence-corrected chi connectivity index (χ2v) is 7.37. The standard InChI is InChI=1S/C15H16ClF2N3O2S/c1-3-12-13(16)14(20-8-19-12)21-9(2)10-4-6-11(7-5-10)24(22,23)15(17)18/h4-9,15H,3H2,1-2H3,(H,19,20,21). The van der Waals surface area contributed by atoms with E-state index in [1.807, 2.05) is 13.8 Å². The Labute approximate surface area is 144 Å². The van der Waals surface area contributed by atoms with E-state index >= 15 is 0 Å². The summed E-state index contributed by atoms with van der Waals surface area (Å²) in [7, 11) is -4.59. The van der Waals surface area contributed by atoms with Gasteiger partial charge < -0.3 is 5.32 Å². The van der Waals surface area contributed by atoms with E-state index in [1.165, 1.54) is 18.5 Å². The first-order valence-corrected chi connectivity index (χ1v) is 9.07. The van der Waals surface area contributed by atoms with Crippen LogP contribution in [0.5, 0.6) is 0 Å². The first-order valence-electron chi connectivity index (χ1n) is 7.15. The molecule has 0 saturated carbocycles. The molecule has 0 fully saturated rings. The van der Waals surface area contributed by atoms with Crippen molar-refractivity contribution in [1.82, 2.24) is 9.97 Å². The zero-order valence-electron chi connectivity index (χ0n) is 13.0. The van der Waals surface area contributed by atoms with Gasteiger partial charge in [-0.3, -0.25) is 0 Å². The van der Waals surface area contributed by atoms with E-state index in [2.05, 4.69) is 15.3 Å². The van der Waals surface area contributed by atoms with E-state index in [0.29, 0.717) is 28.5 Å². The van der Waals surface area contributed by atoms with Crippen molar-refractivity contribution in [3.8, 4) is 0 Å². The van der Waals surface area contributed by atoms with Gasteiger partial charge in [-0.2, -0.15) is 8.78 Å². The van der Waals surface area contributed by atoms with Crippen molar-refractivity contribution in [3.63, 3.8) is 0 Å². The van der Waals surface area contributed by atoms with Crippen LogP contribution in [-0.4, -0.2) is 24.1 Å². The third-order valence-electron chi connectivity index (χ3n) is 3.49. The molecule has 9 heteroatoms. The average molecular weight is 376 g/mol. The monoisotopic (exact) mass is 375 g/mol. The minimum absolute atomic E-state index is 0.259. The number of hydrogen-bond donors (Lipinski definition) is 1. The van der Waals surface area contributed by atoms with Crippen LogP contribution in [0.3, 0.4) is 0 Å². The number of aryl methyl sites for hydroxylation is 1. The minimum atomic E-state index is -4.59. The maximum atomic E-state index is 12.5. The third kappa shape index (κ3) is 3.81. The van der Waals surface area contributed by atoms with Crippen molar-refractivity contribution in [3.05, 3.63) is 46.9 Å². The Hall–Kier alpha value is -1.80. The number of halogens is 3. The van der Waals surface area contributed by atoms with Gasteiger partial charge in [-0.05, 0) is 31.0 Å². The Balaban J connectivity index is 2.21. The summed E-state index contributed by atoms with van der Waals surface area (Å²) in [6.07, 6.45) is 2.06. The molecule has 0 bridgehead atoms. The molecule has 1 aromatic heterocycles. The van der Waals surface area contributed by atoms with Crippen LogP contribution in [0.4, 0.5) is 14.6 Å². The van der Waals surface area contributed by atoms with Gasteiger partial charge in [0.1, 0.15) is 17.2 Å². The van der Waals surface area contributed by atoms with Crippen LogP contribution in [0, 0.1) is 0 Å². The lowest BCUT2D eigenvalue weighted by Gasteiger charge is -2.17. The molecule has 24 heavy (non-hydrogen) atoms. The molecular formula is C15H16ClF2N3O2S. The van der Waals surface area contributed by atoms with Gasteiger partial charge in [-0.1, -0.05) is 30.7 Å². The molecule has 0 aliphatic heterocycles. The zero-order valence-corrected chi connectivity index (χ0v) is 14.6. The van der Waals surface area contributed by atoms with Crippen LogP contribution in [0.1, 0.15) is 31.1 Å². The van der Waals surface area contributed by atoms with E-state index in [1.54, 1.807) is 0 Å². The number of rotatable bonds is 6. The first kappa shape index (κ1) is 18.5. The maximum absolute atomic E-state index is 12.5. The van der Waals surface area contributed by atoms with Gasteiger partial charge in [0.25, 0.3) is 0 Å². The van der Waals surface area contributed by atoms with Gasteiger partial charge in [0, 0.05) is 6.04 Å². The highest BCUT2D eigenvalue weighted by Gasteiger charge is 2.26. The highest BCUT2D eigenvalue weighted by atomic mass is 35.5. The molecule has 2 aromatic rings. The predicted octanol–water partition coefficient (Wildman–Crippen LogP) is 3.86. The predicted molar refractivity (Wildman–Crippen MR) is 88.1 cm³/mol. The molecular weight excluding hydrogens is 360 g/mol. The Morgan fingerprint density at radius 3 is 2.38 bits per heavy atom. The van der Waals surface area contributed by atoms with Gasteiger partial charge in [0.05, 0.1) is 10.6 Å². The summed E-state index contributed by atoms with van der Waals surface area (Å²) < 4.78 is 47.9. The van der Waals surface area contributed by atoms with Crippen LogP contribution in [0.25, 0.3) is 0 Å². The number of anilines is 1. The summed E-state index contributed by atoms with van der Waals surface area (Å²) >= 11 is 6.21. The average Bonchev–Trinajstić information content (AvgIpc) is 2.56. The van der Waals surface area contributed by atoms with E-state index in [0.717, 1.165) is 12.1 Å². The van der Waals surface area contributed by atoms with Crippen LogP contribution in [0.2, 0.25) is 5.02 Å². The SMILES string of the molecule is CCc1ncnc(NC(C)c2ccc(S(=O)(=O)C(F)F)cc2)c1Cl. The fourth-order valence-electron chi connectivity index (χ4n) is 2.09. The molecule has 0 aliphatic carbocycles. The Bertz CT molecular complexity index is 814. The van der Waals surface area contributed by atoms with Crippen molar-refractivity contribution < 1.29 is 17.2 Å². The number of nitrogens with zero attached hydrogens (tertiary/aromatic N) is 2. The normalized spacial score (nSPS) is 13.1. The van der Waals surface area contributed by atoms with Gasteiger partial charge in [-0.25, -0.2) is 18.4 Å². The van der Waals surface area contributed by atoms with E-state index in [-0.39, 0.29) is 6.04 Å². The first-order chi connectivity index (χ1) is 11.3. The number of sulfone groups is 1. The number of aromatic nitrogens is 2. The fourth-order valence-corrected chi connectivity index (χ4v) is 3.10. The van der Waals surface area contributed by atoms with Crippen LogP contribution < -0.4 is 5.32 Å². The van der Waals surface area contributed by atoms with Gasteiger partial charge in [0.2, 0.25) is 9.84 Å². The summed E-state index contributed by atoms with van der Waals surface area (Å²) in [5.41, 5.74) is 1.41. The minimum Gasteiger partial charge on any atom is -0.362 e. The Morgan fingerprint density at radius 1 is 1.21 bits per heavy atom. The van der Waals surface area contributed by atoms with Crippen LogP contribution in [-0.2, 0) is 16.3 Å². The van der Waals surface area contributed by atoms with Crippen molar-refractivity contribution in [2.75, 3.05) is 5.32 Å². The largest absolute Gasteiger partial charge is 0.362 e. The molecule has 1 aromatic carbocycles. The summed E-state index contributed by atoms with van der Waals surface area (Å²) in [6, 6.07) is 5.01. The Kier molecular flexibility index (Phi) is 5.71. The summed E-state index contributed by atoms with van der Waals surface area (Å²) in [4.78, 5) is 7.74. The molecule has 2 rings (SSSR count). The molecule has 0 saturated heterocycles. The number of benzene rings is 1. The van der Waals surface area contributed by atoms with Crippen molar-refractivity contribution in [2.45, 2.75) is 37.0 Å². The maximum Gasteiger partial charge on any atom is 0.341 e. The number of nitrogens with one attached hydrogen (secondary N) is 1. The van der Waals surface area contributed by atoms with E-state index in [4.69, 9.17) is 11.6 Å². The summed E-state index contributed by atoms with van der Waals surface area (Å²) in [6.45, 7) is 3.74. The van der Waals surface area contributed by atoms with Gasteiger partial charge in [0.15, 0.2) is 0 Å². The molecule has 1 heterocycles.